The van der Waals surface area contributed by atoms with Gasteiger partial charge in [0, 0.05) is 13.7 Å². The molecule has 6 nitrogen and oxygen atoms in total. The van der Waals surface area contributed by atoms with E-state index < -0.39 is 17.9 Å². The first kappa shape index (κ1) is 15.1. The second-order valence-electron chi connectivity index (χ2n) is 4.03. The van der Waals surface area contributed by atoms with Gasteiger partial charge in [0.2, 0.25) is 5.91 Å². The highest BCUT2D eigenvalue weighted by atomic mass is 16.5. The minimum absolute atomic E-state index is 0.197. The maximum absolute atomic E-state index is 12.2. The number of benzene rings is 1. The lowest BCUT2D eigenvalue weighted by molar-refractivity contribution is -0.145. The number of carboxylic acid groups (broad SMARTS) is 1. The van der Waals surface area contributed by atoms with E-state index in [2.05, 4.69) is 0 Å². The van der Waals surface area contributed by atoms with Gasteiger partial charge in [0.15, 0.2) is 0 Å². The predicted octanol–water partition coefficient (Wildman–Crippen LogP) is 0.246. The summed E-state index contributed by atoms with van der Waals surface area (Å²) >= 11 is 0. The normalized spacial score (nSPS) is 11.9. The Balaban J connectivity index is 2.77. The van der Waals surface area contributed by atoms with E-state index in [0.29, 0.717) is 5.56 Å². The molecule has 0 spiro atoms. The first-order valence-electron chi connectivity index (χ1n) is 5.86. The topological polar surface area (TPSA) is 92.9 Å². The molecule has 0 radical (unpaired) electrons. The average Bonchev–Trinajstić information content (AvgIpc) is 2.42. The summed E-state index contributed by atoms with van der Waals surface area (Å²) < 4.78 is 4.86. The Morgan fingerprint density at radius 3 is 2.53 bits per heavy atom. The number of amides is 1. The summed E-state index contributed by atoms with van der Waals surface area (Å²) in [6.45, 7) is 0.0748. The number of nitrogens with two attached hydrogens (primary N) is 1. The minimum atomic E-state index is -1.08. The molecule has 19 heavy (non-hydrogen) atoms. The van der Waals surface area contributed by atoms with E-state index in [1.807, 2.05) is 6.07 Å². The number of hydrogen-bond acceptors (Lipinski definition) is 4. The Morgan fingerprint density at radius 2 is 2.00 bits per heavy atom. The number of methoxy groups -OCH3 is 1. The van der Waals surface area contributed by atoms with Crippen LogP contribution < -0.4 is 5.73 Å². The summed E-state index contributed by atoms with van der Waals surface area (Å²) in [5.41, 5.74) is 6.51. The van der Waals surface area contributed by atoms with Gasteiger partial charge in [-0.15, -0.1) is 0 Å². The summed E-state index contributed by atoms with van der Waals surface area (Å²) in [5, 5.41) is 8.81. The third-order valence-electron chi connectivity index (χ3n) is 2.63. The van der Waals surface area contributed by atoms with Gasteiger partial charge >= 0.3 is 5.97 Å². The molecule has 6 heteroatoms. The summed E-state index contributed by atoms with van der Waals surface area (Å²) in [4.78, 5) is 24.1. The van der Waals surface area contributed by atoms with E-state index in [0.717, 1.165) is 0 Å². The molecule has 1 atom stereocenters. The minimum Gasteiger partial charge on any atom is -0.480 e. The molecule has 0 aliphatic heterocycles. The van der Waals surface area contributed by atoms with Gasteiger partial charge in [-0.25, -0.2) is 0 Å². The maximum Gasteiger partial charge on any atom is 0.323 e. The highest BCUT2D eigenvalue weighted by Gasteiger charge is 2.23. The van der Waals surface area contributed by atoms with E-state index in [4.69, 9.17) is 15.6 Å². The van der Waals surface area contributed by atoms with Crippen LogP contribution in [0.1, 0.15) is 11.6 Å². The van der Waals surface area contributed by atoms with Crippen molar-refractivity contribution in [1.29, 1.82) is 0 Å². The fraction of sp³-hybridized carbons (Fsp3) is 0.385. The average molecular weight is 266 g/mol. The van der Waals surface area contributed by atoms with E-state index in [9.17, 15) is 9.59 Å². The number of carboxylic acids is 1. The molecule has 1 aromatic rings. The van der Waals surface area contributed by atoms with Crippen molar-refractivity contribution in [3.63, 3.8) is 0 Å². The van der Waals surface area contributed by atoms with Gasteiger partial charge in [-0.05, 0) is 5.56 Å². The second-order valence-corrected chi connectivity index (χ2v) is 4.03. The highest BCUT2D eigenvalue weighted by Crippen LogP contribution is 2.12. The number of aliphatic carboxylic acids is 1. The Hall–Kier alpha value is -1.92. The molecule has 0 saturated heterocycles. The quantitative estimate of drug-likeness (QED) is 0.737. The molecule has 0 unspecified atom stereocenters. The van der Waals surface area contributed by atoms with Crippen LogP contribution >= 0.6 is 0 Å². The van der Waals surface area contributed by atoms with Crippen molar-refractivity contribution >= 4 is 11.9 Å². The van der Waals surface area contributed by atoms with Crippen molar-refractivity contribution in [2.24, 2.45) is 5.73 Å². The largest absolute Gasteiger partial charge is 0.480 e. The van der Waals surface area contributed by atoms with Gasteiger partial charge in [-0.3, -0.25) is 9.59 Å². The van der Waals surface area contributed by atoms with Crippen LogP contribution in [0.2, 0.25) is 0 Å². The van der Waals surface area contributed by atoms with Crippen molar-refractivity contribution < 1.29 is 19.4 Å². The Morgan fingerprint density at radius 1 is 1.37 bits per heavy atom. The number of carbonyl (C=O) groups excluding carboxylic acids is 1. The number of rotatable bonds is 7. The molecule has 0 heterocycles. The van der Waals surface area contributed by atoms with Crippen molar-refractivity contribution in [3.05, 3.63) is 35.9 Å². The summed E-state index contributed by atoms with van der Waals surface area (Å²) in [6.07, 6.45) is 0. The highest BCUT2D eigenvalue weighted by molar-refractivity contribution is 5.86. The third-order valence-corrected chi connectivity index (χ3v) is 2.63. The molecule has 1 rings (SSSR count). The van der Waals surface area contributed by atoms with Gasteiger partial charge in [0.1, 0.15) is 12.6 Å². The first-order chi connectivity index (χ1) is 9.06. The Kier molecular flexibility index (Phi) is 5.98. The number of ether oxygens (including phenoxy) is 1. The van der Waals surface area contributed by atoms with Crippen molar-refractivity contribution in [1.82, 2.24) is 4.90 Å². The molecule has 3 N–H and O–H groups in total. The molecule has 1 aromatic carbocycles. The zero-order valence-electron chi connectivity index (χ0n) is 10.8. The molecule has 0 saturated carbocycles. The maximum atomic E-state index is 12.2. The molecule has 0 fully saturated rings. The number of carbonyl (C=O) groups is 2. The SMILES string of the molecule is COCCN(CC(=O)O)C(=O)[C@@H](N)c1ccccc1. The fourth-order valence-electron chi connectivity index (χ4n) is 1.63. The molecule has 0 aliphatic rings. The van der Waals surface area contributed by atoms with Crippen molar-refractivity contribution in [3.8, 4) is 0 Å². The molecule has 0 aromatic heterocycles. The van der Waals surface area contributed by atoms with E-state index in [1.54, 1.807) is 24.3 Å². The lowest BCUT2D eigenvalue weighted by Crippen LogP contribution is -2.43. The van der Waals surface area contributed by atoms with E-state index in [1.165, 1.54) is 12.0 Å². The molecule has 0 aliphatic carbocycles. The number of hydrogen-bond donors (Lipinski definition) is 2. The zero-order valence-corrected chi connectivity index (χ0v) is 10.8. The smallest absolute Gasteiger partial charge is 0.323 e. The molecule has 1 amide bonds. The van der Waals surface area contributed by atoms with Crippen molar-refractivity contribution in [2.45, 2.75) is 6.04 Å². The predicted molar refractivity (Wildman–Crippen MR) is 69.5 cm³/mol. The van der Waals surface area contributed by atoms with Crippen molar-refractivity contribution in [2.75, 3.05) is 26.8 Å². The lowest BCUT2D eigenvalue weighted by Gasteiger charge is -2.24. The zero-order chi connectivity index (χ0) is 14.3. The van der Waals surface area contributed by atoms with Crippen LogP contribution in [0.4, 0.5) is 0 Å². The molecular formula is C13H18N2O4. The molecule has 104 valence electrons. The van der Waals surface area contributed by atoms with Gasteiger partial charge in [0.25, 0.3) is 0 Å². The molecular weight excluding hydrogens is 248 g/mol. The first-order valence-corrected chi connectivity index (χ1v) is 5.86. The Labute approximate surface area is 111 Å². The second kappa shape index (κ2) is 7.50. The monoisotopic (exact) mass is 266 g/mol. The van der Waals surface area contributed by atoms with Crippen LogP contribution in [0, 0.1) is 0 Å². The van der Waals surface area contributed by atoms with Crippen LogP contribution in [0.15, 0.2) is 30.3 Å². The molecule has 0 bridgehead atoms. The standard InChI is InChI=1S/C13H18N2O4/c1-19-8-7-15(9-11(16)17)13(18)12(14)10-5-3-2-4-6-10/h2-6,12H,7-9,14H2,1H3,(H,16,17)/t12-/m0/s1. The van der Waals surface area contributed by atoms with E-state index in [-0.39, 0.29) is 19.7 Å². The lowest BCUT2D eigenvalue weighted by atomic mass is 10.1. The summed E-state index contributed by atoms with van der Waals surface area (Å²) in [6, 6.07) is 7.98. The van der Waals surface area contributed by atoms with Crippen LogP contribution in [0.5, 0.6) is 0 Å². The van der Waals surface area contributed by atoms with E-state index >= 15 is 0 Å². The van der Waals surface area contributed by atoms with Crippen LogP contribution in [0.3, 0.4) is 0 Å². The van der Waals surface area contributed by atoms with Crippen LogP contribution in [-0.2, 0) is 14.3 Å². The van der Waals surface area contributed by atoms with Gasteiger partial charge in [-0.1, -0.05) is 30.3 Å². The fourth-order valence-corrected chi connectivity index (χ4v) is 1.63. The summed E-state index contributed by atoms with van der Waals surface area (Å²) in [5.74, 6) is -1.50. The van der Waals surface area contributed by atoms with Crippen LogP contribution in [-0.4, -0.2) is 48.7 Å². The summed E-state index contributed by atoms with van der Waals surface area (Å²) in [7, 11) is 1.49. The van der Waals surface area contributed by atoms with Gasteiger partial charge in [-0.2, -0.15) is 0 Å². The Bertz CT molecular complexity index is 422. The third kappa shape index (κ3) is 4.69. The van der Waals surface area contributed by atoms with Gasteiger partial charge in [0.05, 0.1) is 6.61 Å². The number of nitrogens with zero attached hydrogens (tertiary/aromatic N) is 1. The van der Waals surface area contributed by atoms with Gasteiger partial charge < -0.3 is 20.5 Å². The van der Waals surface area contributed by atoms with Crippen LogP contribution in [0.25, 0.3) is 0 Å².